The highest BCUT2D eigenvalue weighted by atomic mass is 35.5. The largest absolute Gasteiger partial charge is 0.501 e. The minimum Gasteiger partial charge on any atom is -0.484 e. The number of hydrogen-bond acceptors (Lipinski definition) is 5. The first-order chi connectivity index (χ1) is 15.4. The molecule has 3 atom stereocenters. The molecule has 1 saturated heterocycles. The van der Waals surface area contributed by atoms with E-state index in [-0.39, 0.29) is 28.4 Å². The number of piperidine rings is 1. The summed E-state index contributed by atoms with van der Waals surface area (Å²) in [6.07, 6.45) is 1.49. The fourth-order valence-electron chi connectivity index (χ4n) is 4.69. The zero-order chi connectivity index (χ0) is 24.1. The smallest absolute Gasteiger partial charge is 0.484 e. The van der Waals surface area contributed by atoms with Crippen LogP contribution < -0.4 is 10.5 Å². The molecule has 0 radical (unpaired) electrons. The van der Waals surface area contributed by atoms with Crippen molar-refractivity contribution in [2.75, 3.05) is 13.1 Å². The van der Waals surface area contributed by atoms with Crippen LogP contribution in [0.15, 0.2) is 35.2 Å². The van der Waals surface area contributed by atoms with Crippen molar-refractivity contribution in [3.8, 4) is 5.75 Å². The molecule has 2 aromatic rings. The van der Waals surface area contributed by atoms with Crippen molar-refractivity contribution in [3.63, 3.8) is 0 Å². The molecular weight excluding hydrogens is 484 g/mol. The lowest BCUT2D eigenvalue weighted by Crippen LogP contribution is -2.49. The van der Waals surface area contributed by atoms with Gasteiger partial charge in [-0.3, -0.25) is 4.90 Å². The predicted molar refractivity (Wildman–Crippen MR) is 115 cm³/mol. The molecule has 11 heteroatoms. The molecule has 2 unspecified atom stereocenters. The fraction of sp³-hybridized carbons (Fsp3) is 0.455. The van der Waals surface area contributed by atoms with Gasteiger partial charge in [0.15, 0.2) is 0 Å². The zero-order valence-corrected chi connectivity index (χ0v) is 19.3. The lowest BCUT2D eigenvalue weighted by atomic mass is 10.0. The van der Waals surface area contributed by atoms with E-state index in [1.807, 2.05) is 0 Å². The monoisotopic (exact) mass is 506 g/mol. The molecule has 0 spiro atoms. The van der Waals surface area contributed by atoms with Crippen molar-refractivity contribution in [3.05, 3.63) is 57.9 Å². The number of rotatable bonds is 4. The van der Waals surface area contributed by atoms with Gasteiger partial charge >= 0.3 is 5.51 Å². The summed E-state index contributed by atoms with van der Waals surface area (Å²) < 4.78 is 83.4. The molecule has 0 saturated carbocycles. The Labute approximate surface area is 194 Å². The van der Waals surface area contributed by atoms with Crippen LogP contribution in [-0.2, 0) is 16.3 Å². The van der Waals surface area contributed by atoms with Crippen LogP contribution in [0.25, 0.3) is 0 Å². The number of nitrogens with two attached hydrogens (primary N) is 1. The maximum Gasteiger partial charge on any atom is 0.501 e. The molecule has 33 heavy (non-hydrogen) atoms. The van der Waals surface area contributed by atoms with Gasteiger partial charge in [0.25, 0.3) is 9.84 Å². The van der Waals surface area contributed by atoms with Crippen molar-refractivity contribution >= 4 is 21.4 Å². The van der Waals surface area contributed by atoms with Gasteiger partial charge in [-0.1, -0.05) is 11.6 Å². The number of alkyl halides is 3. The van der Waals surface area contributed by atoms with Gasteiger partial charge in [0, 0.05) is 23.2 Å². The SMILES string of the molecule is Cc1cc(OC2c3cc(Cl)cc(F)c3CC2N2CCC[C@@H](N)C2)ccc1S(=O)(=O)C(F)(F)F. The van der Waals surface area contributed by atoms with E-state index in [0.717, 1.165) is 25.5 Å². The van der Waals surface area contributed by atoms with Crippen molar-refractivity contribution < 1.29 is 30.7 Å². The van der Waals surface area contributed by atoms with E-state index < -0.39 is 32.2 Å². The van der Waals surface area contributed by atoms with Crippen LogP contribution in [0.2, 0.25) is 5.02 Å². The van der Waals surface area contributed by atoms with E-state index >= 15 is 0 Å². The zero-order valence-electron chi connectivity index (χ0n) is 17.7. The van der Waals surface area contributed by atoms with E-state index in [0.29, 0.717) is 24.1 Å². The molecule has 1 aliphatic heterocycles. The van der Waals surface area contributed by atoms with Crippen molar-refractivity contribution in [1.29, 1.82) is 0 Å². The first-order valence-corrected chi connectivity index (χ1v) is 12.3. The molecule has 0 amide bonds. The molecule has 0 aromatic heterocycles. The second kappa shape index (κ2) is 8.72. The number of benzene rings is 2. The van der Waals surface area contributed by atoms with Crippen LogP contribution >= 0.6 is 11.6 Å². The second-order valence-electron chi connectivity index (χ2n) is 8.54. The van der Waals surface area contributed by atoms with E-state index in [4.69, 9.17) is 22.1 Å². The first kappa shape index (κ1) is 24.3. The number of nitrogens with zero attached hydrogens (tertiary/aromatic N) is 1. The standard InChI is InChI=1S/C22H23ClF4N2O3S/c1-12-7-15(4-5-20(12)33(30,31)22(25,26)27)32-21-17-8-13(23)9-18(24)16(17)10-19(21)29-6-2-3-14(28)11-29/h4-5,7-9,14,19,21H,2-3,6,10-11,28H2,1H3/t14-,19?,21?/m1/s1. The summed E-state index contributed by atoms with van der Waals surface area (Å²) in [5.41, 5.74) is 1.67. The van der Waals surface area contributed by atoms with Crippen LogP contribution in [0.4, 0.5) is 17.6 Å². The Balaban J connectivity index is 1.69. The second-order valence-corrected chi connectivity index (χ2v) is 10.9. The number of ether oxygens (including phenoxy) is 1. The number of fused-ring (bicyclic) bond motifs is 1. The quantitative estimate of drug-likeness (QED) is 0.616. The Morgan fingerprint density at radius 2 is 1.94 bits per heavy atom. The third-order valence-electron chi connectivity index (χ3n) is 6.23. The molecular formula is C22H23ClF4N2O3S. The summed E-state index contributed by atoms with van der Waals surface area (Å²) in [5, 5.41) is 0.207. The lowest BCUT2D eigenvalue weighted by molar-refractivity contribution is -0.0436. The highest BCUT2D eigenvalue weighted by Crippen LogP contribution is 2.42. The van der Waals surface area contributed by atoms with Crippen LogP contribution in [-0.4, -0.2) is 44.0 Å². The van der Waals surface area contributed by atoms with E-state index in [1.165, 1.54) is 25.1 Å². The normalized spacial score (nSPS) is 24.0. The molecule has 1 heterocycles. The summed E-state index contributed by atoms with van der Waals surface area (Å²) in [4.78, 5) is 1.31. The van der Waals surface area contributed by atoms with Crippen molar-refractivity contribution in [2.24, 2.45) is 5.73 Å². The van der Waals surface area contributed by atoms with Gasteiger partial charge in [-0.15, -0.1) is 0 Å². The summed E-state index contributed by atoms with van der Waals surface area (Å²) in [6, 6.07) is 5.91. The minimum atomic E-state index is -5.49. The van der Waals surface area contributed by atoms with Crippen LogP contribution in [0, 0.1) is 12.7 Å². The molecule has 1 fully saturated rings. The Hall–Kier alpha value is -1.88. The molecule has 1 aliphatic carbocycles. The summed E-state index contributed by atoms with van der Waals surface area (Å²) in [7, 11) is -5.49. The number of halogens is 5. The number of aryl methyl sites for hydroxylation is 1. The minimum absolute atomic E-state index is 0.0225. The van der Waals surface area contributed by atoms with E-state index in [1.54, 1.807) is 6.07 Å². The first-order valence-electron chi connectivity index (χ1n) is 10.4. The van der Waals surface area contributed by atoms with Gasteiger partial charge in [0.1, 0.15) is 17.7 Å². The number of hydrogen-bond donors (Lipinski definition) is 1. The van der Waals surface area contributed by atoms with Gasteiger partial charge in [0.05, 0.1) is 10.9 Å². The Kier molecular flexibility index (Phi) is 6.41. The fourth-order valence-corrected chi connectivity index (χ4v) is 5.88. The molecule has 2 aromatic carbocycles. The molecule has 5 nitrogen and oxygen atoms in total. The highest BCUT2D eigenvalue weighted by Gasteiger charge is 2.47. The van der Waals surface area contributed by atoms with E-state index in [2.05, 4.69) is 4.90 Å². The molecule has 2 aliphatic rings. The Morgan fingerprint density at radius 3 is 2.58 bits per heavy atom. The van der Waals surface area contributed by atoms with Gasteiger partial charge in [-0.05, 0) is 74.2 Å². The van der Waals surface area contributed by atoms with E-state index in [9.17, 15) is 26.0 Å². The number of sulfone groups is 1. The van der Waals surface area contributed by atoms with Crippen LogP contribution in [0.3, 0.4) is 0 Å². The maximum absolute atomic E-state index is 14.7. The highest BCUT2D eigenvalue weighted by molar-refractivity contribution is 7.92. The lowest BCUT2D eigenvalue weighted by Gasteiger charge is -2.38. The van der Waals surface area contributed by atoms with Gasteiger partial charge in [-0.25, -0.2) is 12.8 Å². The molecule has 2 N–H and O–H groups in total. The average Bonchev–Trinajstić information content (AvgIpc) is 3.05. The molecule has 180 valence electrons. The van der Waals surface area contributed by atoms with Crippen LogP contribution in [0.5, 0.6) is 5.75 Å². The average molecular weight is 507 g/mol. The van der Waals surface area contributed by atoms with Crippen LogP contribution in [0.1, 0.15) is 35.6 Å². The topological polar surface area (TPSA) is 72.6 Å². The van der Waals surface area contributed by atoms with Gasteiger partial charge < -0.3 is 10.5 Å². The predicted octanol–water partition coefficient (Wildman–Crippen LogP) is 4.55. The van der Waals surface area contributed by atoms with Crippen molar-refractivity contribution in [1.82, 2.24) is 4.90 Å². The molecule has 4 rings (SSSR count). The van der Waals surface area contributed by atoms with Gasteiger partial charge in [0.2, 0.25) is 0 Å². The third kappa shape index (κ3) is 4.58. The Bertz CT molecular complexity index is 1170. The summed E-state index contributed by atoms with van der Waals surface area (Å²) in [5.74, 6) is -0.268. The maximum atomic E-state index is 14.7. The van der Waals surface area contributed by atoms with Crippen molar-refractivity contribution in [2.45, 2.75) is 54.8 Å². The summed E-state index contributed by atoms with van der Waals surface area (Å²) >= 11 is 6.09. The molecule has 0 bridgehead atoms. The number of likely N-dealkylation sites (tertiary alicyclic amines) is 1. The Morgan fingerprint density at radius 1 is 1.21 bits per heavy atom. The summed E-state index contributed by atoms with van der Waals surface area (Å²) in [6.45, 7) is 2.63. The third-order valence-corrected chi connectivity index (χ3v) is 8.09. The van der Waals surface area contributed by atoms with Gasteiger partial charge in [-0.2, -0.15) is 13.2 Å².